The maximum atomic E-state index is 10.7. The fraction of sp³-hybridized carbons (Fsp3) is 0.833. The molecule has 0 amide bonds. The van der Waals surface area contributed by atoms with Crippen LogP contribution in [0.2, 0.25) is 0 Å². The van der Waals surface area contributed by atoms with Gasteiger partial charge in [0, 0.05) is 0 Å². The predicted octanol–water partition coefficient (Wildman–Crippen LogP) is -2.61. The van der Waals surface area contributed by atoms with Crippen LogP contribution in [0.3, 0.4) is 0 Å². The van der Waals surface area contributed by atoms with Crippen molar-refractivity contribution in [1.82, 2.24) is 0 Å². The maximum Gasteiger partial charge on any atom is 0.338 e. The Morgan fingerprint density at radius 3 is 2.53 bits per heavy atom. The Morgan fingerprint density at radius 1 is 1.53 bits per heavy atom. The average molecular weight is 242 g/mol. The van der Waals surface area contributed by atoms with E-state index in [1.54, 1.807) is 0 Å². The van der Waals surface area contributed by atoms with Crippen molar-refractivity contribution in [2.45, 2.75) is 24.4 Å². The van der Waals surface area contributed by atoms with Crippen molar-refractivity contribution in [3.05, 3.63) is 0 Å². The molecular formula is C6H11O8P. The van der Waals surface area contributed by atoms with Crippen LogP contribution in [0.5, 0.6) is 0 Å². The Hall–Kier alpha value is -0.500. The molecule has 5 atom stereocenters. The van der Waals surface area contributed by atoms with E-state index in [9.17, 15) is 19.6 Å². The highest BCUT2D eigenvalue weighted by molar-refractivity contribution is 7.32. The fourth-order valence-electron chi connectivity index (χ4n) is 1.15. The highest BCUT2D eigenvalue weighted by atomic mass is 31.1. The summed E-state index contributed by atoms with van der Waals surface area (Å²) in [4.78, 5) is 19.1. The number of rotatable bonds is 4. The number of carbonyl (C=O) groups is 1. The van der Waals surface area contributed by atoms with Crippen LogP contribution in [-0.2, 0) is 18.6 Å². The number of ether oxygens (including phenoxy) is 1. The molecule has 15 heavy (non-hydrogen) atoms. The van der Waals surface area contributed by atoms with Crippen LogP contribution in [0.1, 0.15) is 0 Å². The molecule has 2 unspecified atom stereocenters. The van der Waals surface area contributed by atoms with Gasteiger partial charge in [-0.25, -0.2) is 4.79 Å². The van der Waals surface area contributed by atoms with E-state index in [4.69, 9.17) is 10.00 Å². The van der Waals surface area contributed by atoms with E-state index in [1.165, 1.54) is 0 Å². The van der Waals surface area contributed by atoms with Gasteiger partial charge >= 0.3 is 14.2 Å². The largest absolute Gasteiger partial charge is 0.455 e. The van der Waals surface area contributed by atoms with Crippen LogP contribution < -0.4 is 0 Å². The van der Waals surface area contributed by atoms with Gasteiger partial charge in [0.2, 0.25) is 0 Å². The van der Waals surface area contributed by atoms with Crippen LogP contribution in [0, 0.1) is 0 Å². The molecule has 0 aliphatic carbocycles. The second kappa shape index (κ2) is 5.02. The summed E-state index contributed by atoms with van der Waals surface area (Å²) in [6, 6.07) is 0. The number of hydrogen-bond acceptors (Lipinski definition) is 7. The zero-order chi connectivity index (χ0) is 11.6. The van der Waals surface area contributed by atoms with E-state index >= 15 is 0 Å². The average Bonchev–Trinajstić information content (AvgIpc) is 2.42. The summed E-state index contributed by atoms with van der Waals surface area (Å²) in [5.41, 5.74) is 0. The van der Waals surface area contributed by atoms with Gasteiger partial charge in [-0.05, 0) is 0 Å². The Morgan fingerprint density at radius 2 is 2.13 bits per heavy atom. The quantitative estimate of drug-likeness (QED) is 0.311. The van der Waals surface area contributed by atoms with Gasteiger partial charge in [0.1, 0.15) is 12.2 Å². The second-order valence-electron chi connectivity index (χ2n) is 2.98. The Bertz CT molecular complexity index is 268. The van der Waals surface area contributed by atoms with Gasteiger partial charge in [-0.2, -0.15) is 0 Å². The molecular weight excluding hydrogens is 231 g/mol. The van der Waals surface area contributed by atoms with E-state index in [-0.39, 0.29) is 0 Å². The summed E-state index contributed by atoms with van der Waals surface area (Å²) in [6.07, 6.45) is -6.11. The highest BCUT2D eigenvalue weighted by Crippen LogP contribution is 2.22. The molecule has 0 aromatic heterocycles. The lowest BCUT2D eigenvalue weighted by molar-refractivity contribution is -0.151. The van der Waals surface area contributed by atoms with Gasteiger partial charge in [-0.15, -0.1) is 0 Å². The van der Waals surface area contributed by atoms with Gasteiger partial charge in [-0.3, -0.25) is 4.57 Å². The molecule has 1 saturated heterocycles. The SMILES string of the molecule is O=C1O[C@H]([C@@H](O)CO[PH](=O)O)[C@H](O)C1O. The van der Waals surface area contributed by atoms with Gasteiger partial charge in [0.05, 0.1) is 6.61 Å². The molecule has 1 aliphatic heterocycles. The van der Waals surface area contributed by atoms with E-state index in [2.05, 4.69) is 9.26 Å². The van der Waals surface area contributed by atoms with Gasteiger partial charge in [-0.1, -0.05) is 0 Å². The molecule has 1 fully saturated rings. The third kappa shape index (κ3) is 2.97. The monoisotopic (exact) mass is 242 g/mol. The van der Waals surface area contributed by atoms with E-state index < -0.39 is 45.2 Å². The van der Waals surface area contributed by atoms with Crippen molar-refractivity contribution in [2.24, 2.45) is 0 Å². The number of aliphatic hydroxyl groups is 3. The third-order valence-corrected chi connectivity index (χ3v) is 2.32. The zero-order valence-electron chi connectivity index (χ0n) is 7.44. The summed E-state index contributed by atoms with van der Waals surface area (Å²) < 4.78 is 18.8. The van der Waals surface area contributed by atoms with Gasteiger partial charge in [0.25, 0.3) is 0 Å². The lowest BCUT2D eigenvalue weighted by Gasteiger charge is -2.19. The van der Waals surface area contributed by atoms with Crippen molar-refractivity contribution in [2.75, 3.05) is 6.61 Å². The van der Waals surface area contributed by atoms with Crippen LogP contribution in [-0.4, -0.2) is 57.2 Å². The predicted molar refractivity (Wildman–Crippen MR) is 45.1 cm³/mol. The van der Waals surface area contributed by atoms with Crippen molar-refractivity contribution >= 4 is 14.2 Å². The van der Waals surface area contributed by atoms with Crippen molar-refractivity contribution in [1.29, 1.82) is 0 Å². The van der Waals surface area contributed by atoms with E-state index in [0.29, 0.717) is 0 Å². The topological polar surface area (TPSA) is 134 Å². The lowest BCUT2D eigenvalue weighted by atomic mass is 10.1. The summed E-state index contributed by atoms with van der Waals surface area (Å²) >= 11 is 0. The minimum atomic E-state index is -3.20. The number of aliphatic hydroxyl groups excluding tert-OH is 3. The maximum absolute atomic E-state index is 10.7. The van der Waals surface area contributed by atoms with Gasteiger partial charge in [0.15, 0.2) is 12.2 Å². The molecule has 8 nitrogen and oxygen atoms in total. The molecule has 1 heterocycles. The Kier molecular flexibility index (Phi) is 4.21. The van der Waals surface area contributed by atoms with Crippen LogP contribution in [0.25, 0.3) is 0 Å². The second-order valence-corrected chi connectivity index (χ2v) is 3.80. The van der Waals surface area contributed by atoms with Crippen LogP contribution in [0.4, 0.5) is 0 Å². The van der Waals surface area contributed by atoms with E-state index in [1.807, 2.05) is 0 Å². The standard InChI is InChI=1S/C6H11O8P/c7-2(1-13-15(11)12)5-3(8)4(9)6(10)14-5/h2-5,7-9,15H,1H2,(H,11,12)/t2-,3+,4?,5+/m0/s1. The molecule has 88 valence electrons. The fourth-order valence-corrected chi connectivity index (χ4v) is 1.46. The summed E-state index contributed by atoms with van der Waals surface area (Å²) in [6.45, 7) is -0.573. The molecule has 0 radical (unpaired) electrons. The summed E-state index contributed by atoms with van der Waals surface area (Å²) in [5, 5.41) is 27.5. The summed E-state index contributed by atoms with van der Waals surface area (Å²) in [5.74, 6) is -1.05. The molecule has 0 spiro atoms. The smallest absolute Gasteiger partial charge is 0.338 e. The highest BCUT2D eigenvalue weighted by Gasteiger charge is 2.46. The van der Waals surface area contributed by atoms with E-state index in [0.717, 1.165) is 0 Å². The molecule has 4 N–H and O–H groups in total. The minimum absolute atomic E-state index is 0.573. The molecule has 0 aromatic carbocycles. The minimum Gasteiger partial charge on any atom is -0.455 e. The van der Waals surface area contributed by atoms with Gasteiger partial charge < -0.3 is 29.5 Å². The zero-order valence-corrected chi connectivity index (χ0v) is 8.44. The van der Waals surface area contributed by atoms with Crippen LogP contribution >= 0.6 is 8.25 Å². The van der Waals surface area contributed by atoms with Crippen molar-refractivity contribution in [3.63, 3.8) is 0 Å². The Balaban J connectivity index is 2.50. The molecule has 0 aromatic rings. The number of esters is 1. The molecule has 9 heteroatoms. The third-order valence-electron chi connectivity index (χ3n) is 1.91. The molecule has 1 rings (SSSR count). The van der Waals surface area contributed by atoms with Crippen LogP contribution in [0.15, 0.2) is 0 Å². The number of carbonyl (C=O) groups excluding carboxylic acids is 1. The molecule has 0 saturated carbocycles. The Labute approximate surface area is 85.0 Å². The lowest BCUT2D eigenvalue weighted by Crippen LogP contribution is -2.40. The molecule has 0 bridgehead atoms. The molecule has 1 aliphatic rings. The normalized spacial score (nSPS) is 34.9. The first kappa shape index (κ1) is 12.6. The number of hydrogen-bond donors (Lipinski definition) is 4. The first-order valence-corrected chi connectivity index (χ1v) is 5.30. The first-order chi connectivity index (χ1) is 6.93. The number of cyclic esters (lactones) is 1. The van der Waals surface area contributed by atoms with Crippen molar-refractivity contribution in [3.8, 4) is 0 Å². The first-order valence-electron chi connectivity index (χ1n) is 4.04. The summed E-state index contributed by atoms with van der Waals surface area (Å²) in [7, 11) is -3.20. The van der Waals surface area contributed by atoms with Crippen molar-refractivity contribution < 1.29 is 38.8 Å².